The zero-order valence-corrected chi connectivity index (χ0v) is 18.0. The van der Waals surface area contributed by atoms with Gasteiger partial charge < -0.3 is 5.32 Å². The van der Waals surface area contributed by atoms with Crippen LogP contribution >= 0.6 is 11.8 Å². The van der Waals surface area contributed by atoms with Crippen LogP contribution in [0, 0.1) is 13.8 Å². The minimum Gasteiger partial charge on any atom is -0.325 e. The topological polar surface area (TPSA) is 64.0 Å². The van der Waals surface area contributed by atoms with E-state index in [2.05, 4.69) is 11.4 Å². The molecule has 1 amide bonds. The number of rotatable bonds is 5. The van der Waals surface area contributed by atoms with Gasteiger partial charge in [0.1, 0.15) is 0 Å². The average molecular weight is 418 g/mol. The van der Waals surface area contributed by atoms with E-state index in [1.54, 1.807) is 4.57 Å². The molecular weight excluding hydrogens is 394 g/mol. The van der Waals surface area contributed by atoms with E-state index in [0.29, 0.717) is 22.6 Å². The number of anilines is 1. The summed E-state index contributed by atoms with van der Waals surface area (Å²) < 4.78 is 1.63. The number of hydrogen-bond acceptors (Lipinski definition) is 4. The molecule has 1 N–H and O–H groups in total. The summed E-state index contributed by atoms with van der Waals surface area (Å²) in [6.07, 6.45) is 0. The molecule has 0 radical (unpaired) electrons. The first-order valence-electron chi connectivity index (χ1n) is 9.89. The summed E-state index contributed by atoms with van der Waals surface area (Å²) >= 11 is 1.28. The van der Waals surface area contributed by atoms with Crippen LogP contribution in [0.1, 0.15) is 18.1 Å². The van der Waals surface area contributed by atoms with E-state index in [0.717, 1.165) is 27.6 Å². The average Bonchev–Trinajstić information content (AvgIpc) is 2.70. The van der Waals surface area contributed by atoms with Crippen molar-refractivity contribution in [3.8, 4) is 0 Å². The van der Waals surface area contributed by atoms with E-state index in [1.807, 2.05) is 69.3 Å². The Morgan fingerprint density at radius 1 is 1.03 bits per heavy atom. The van der Waals surface area contributed by atoms with Crippen LogP contribution in [-0.4, -0.2) is 21.2 Å². The highest BCUT2D eigenvalue weighted by atomic mass is 32.2. The lowest BCUT2D eigenvalue weighted by atomic mass is 10.1. The number of hydrogen-bond donors (Lipinski definition) is 1. The lowest BCUT2D eigenvalue weighted by Gasteiger charge is -2.12. The van der Waals surface area contributed by atoms with Crippen molar-refractivity contribution in [1.29, 1.82) is 0 Å². The quantitative estimate of drug-likeness (QED) is 0.284. The maximum atomic E-state index is 13.0. The van der Waals surface area contributed by atoms with Gasteiger partial charge in [-0.3, -0.25) is 14.2 Å². The van der Waals surface area contributed by atoms with Crippen LogP contribution < -0.4 is 10.9 Å². The fourth-order valence-electron chi connectivity index (χ4n) is 3.65. The van der Waals surface area contributed by atoms with E-state index in [-0.39, 0.29) is 17.2 Å². The summed E-state index contributed by atoms with van der Waals surface area (Å²) in [6, 6.07) is 17.7. The molecule has 0 saturated carbocycles. The van der Waals surface area contributed by atoms with E-state index in [9.17, 15) is 9.59 Å². The molecule has 0 aliphatic carbocycles. The minimum atomic E-state index is -0.125. The Kier molecular flexibility index (Phi) is 5.59. The van der Waals surface area contributed by atoms with Gasteiger partial charge in [-0.2, -0.15) is 0 Å². The Bertz CT molecular complexity index is 1310. The number of aromatic nitrogens is 2. The SMILES string of the molecule is CCn1c(SCC(=O)Nc2cc(C)cc(C)c2)nc2cc3ccccc3cc2c1=O. The second-order valence-electron chi connectivity index (χ2n) is 7.37. The molecule has 1 heterocycles. The Labute approximate surface area is 179 Å². The molecule has 4 aromatic rings. The number of nitrogens with zero attached hydrogens (tertiary/aromatic N) is 2. The van der Waals surface area contributed by atoms with E-state index in [4.69, 9.17) is 4.98 Å². The van der Waals surface area contributed by atoms with Crippen molar-refractivity contribution in [2.75, 3.05) is 11.1 Å². The monoisotopic (exact) mass is 417 g/mol. The maximum Gasteiger partial charge on any atom is 0.262 e. The van der Waals surface area contributed by atoms with Crippen molar-refractivity contribution < 1.29 is 4.79 Å². The first-order chi connectivity index (χ1) is 14.4. The molecular formula is C24H23N3O2S. The van der Waals surface area contributed by atoms with Crippen molar-refractivity contribution in [1.82, 2.24) is 9.55 Å². The van der Waals surface area contributed by atoms with Gasteiger partial charge >= 0.3 is 0 Å². The van der Waals surface area contributed by atoms with Gasteiger partial charge in [0.15, 0.2) is 5.16 Å². The fraction of sp³-hybridized carbons (Fsp3) is 0.208. The van der Waals surface area contributed by atoms with Gasteiger partial charge in [0.05, 0.1) is 16.7 Å². The fourth-order valence-corrected chi connectivity index (χ4v) is 4.51. The van der Waals surface area contributed by atoms with Gasteiger partial charge in [0, 0.05) is 12.2 Å². The molecule has 5 nitrogen and oxygen atoms in total. The summed E-state index contributed by atoms with van der Waals surface area (Å²) in [5.74, 6) is 0.0546. The summed E-state index contributed by atoms with van der Waals surface area (Å²) in [7, 11) is 0. The number of thioether (sulfide) groups is 1. The number of aryl methyl sites for hydroxylation is 2. The van der Waals surface area contributed by atoms with Crippen molar-refractivity contribution in [2.45, 2.75) is 32.5 Å². The smallest absolute Gasteiger partial charge is 0.262 e. The lowest BCUT2D eigenvalue weighted by molar-refractivity contribution is -0.113. The number of carbonyl (C=O) groups excluding carboxylic acids is 1. The molecule has 0 fully saturated rings. The van der Waals surface area contributed by atoms with Crippen molar-refractivity contribution in [2.24, 2.45) is 0 Å². The molecule has 0 aliphatic rings. The highest BCUT2D eigenvalue weighted by molar-refractivity contribution is 7.99. The number of benzene rings is 3. The molecule has 0 atom stereocenters. The highest BCUT2D eigenvalue weighted by Crippen LogP contribution is 2.23. The molecule has 6 heteroatoms. The number of fused-ring (bicyclic) bond motifs is 2. The third kappa shape index (κ3) is 4.09. The maximum absolute atomic E-state index is 13.0. The predicted molar refractivity (Wildman–Crippen MR) is 124 cm³/mol. The largest absolute Gasteiger partial charge is 0.325 e. The highest BCUT2D eigenvalue weighted by Gasteiger charge is 2.13. The number of amides is 1. The molecule has 30 heavy (non-hydrogen) atoms. The second kappa shape index (κ2) is 8.32. The zero-order valence-electron chi connectivity index (χ0n) is 17.2. The Hall–Kier alpha value is -3.12. The standard InChI is InChI=1S/C24H23N3O2S/c1-4-27-23(29)20-12-17-7-5-6-8-18(17)13-21(20)26-24(27)30-14-22(28)25-19-10-15(2)9-16(3)11-19/h5-13H,4,14H2,1-3H3,(H,25,28). The molecule has 152 valence electrons. The molecule has 0 bridgehead atoms. The van der Waals surface area contributed by atoms with Gasteiger partial charge in [0.25, 0.3) is 5.56 Å². The first kappa shape index (κ1) is 20.2. The van der Waals surface area contributed by atoms with Crippen molar-refractivity contribution >= 4 is 45.0 Å². The van der Waals surface area contributed by atoms with Crippen LogP contribution in [0.4, 0.5) is 5.69 Å². The van der Waals surface area contributed by atoms with Crippen molar-refractivity contribution in [3.63, 3.8) is 0 Å². The molecule has 0 aliphatic heterocycles. The molecule has 0 saturated heterocycles. The normalized spacial score (nSPS) is 11.2. The van der Waals surface area contributed by atoms with Gasteiger partial charge in [-0.15, -0.1) is 0 Å². The molecule has 0 spiro atoms. The van der Waals surface area contributed by atoms with Crippen LogP contribution in [0.25, 0.3) is 21.7 Å². The van der Waals surface area contributed by atoms with Crippen LogP contribution in [-0.2, 0) is 11.3 Å². The Morgan fingerprint density at radius 3 is 2.37 bits per heavy atom. The van der Waals surface area contributed by atoms with E-state index >= 15 is 0 Å². The Morgan fingerprint density at radius 2 is 1.70 bits per heavy atom. The summed E-state index contributed by atoms with van der Waals surface area (Å²) in [6.45, 7) is 6.41. The second-order valence-corrected chi connectivity index (χ2v) is 8.32. The molecule has 3 aromatic carbocycles. The Balaban J connectivity index is 1.62. The van der Waals surface area contributed by atoms with E-state index in [1.165, 1.54) is 11.8 Å². The van der Waals surface area contributed by atoms with Gasteiger partial charge in [-0.1, -0.05) is 42.1 Å². The third-order valence-electron chi connectivity index (χ3n) is 4.94. The van der Waals surface area contributed by atoms with Crippen molar-refractivity contribution in [3.05, 3.63) is 76.1 Å². The lowest BCUT2D eigenvalue weighted by Crippen LogP contribution is -2.23. The summed E-state index contributed by atoms with van der Waals surface area (Å²) in [5.41, 5.74) is 3.55. The molecule has 0 unspecified atom stereocenters. The summed E-state index contributed by atoms with van der Waals surface area (Å²) in [4.78, 5) is 30.2. The van der Waals surface area contributed by atoms with Gasteiger partial charge in [0.2, 0.25) is 5.91 Å². The first-order valence-corrected chi connectivity index (χ1v) is 10.9. The van der Waals surface area contributed by atoms with Crippen LogP contribution in [0.5, 0.6) is 0 Å². The minimum absolute atomic E-state index is 0.0783. The third-order valence-corrected chi connectivity index (χ3v) is 5.92. The van der Waals surface area contributed by atoms with Gasteiger partial charge in [-0.05, 0) is 66.9 Å². The van der Waals surface area contributed by atoms with Crippen LogP contribution in [0.15, 0.2) is 64.5 Å². The molecule has 1 aromatic heterocycles. The van der Waals surface area contributed by atoms with Crippen LogP contribution in [0.2, 0.25) is 0 Å². The predicted octanol–water partition coefficient (Wildman–Crippen LogP) is 4.92. The zero-order chi connectivity index (χ0) is 21.3. The summed E-state index contributed by atoms with van der Waals surface area (Å²) in [5, 5.41) is 6.14. The number of carbonyl (C=O) groups is 1. The number of nitrogens with one attached hydrogen (secondary N) is 1. The molecule has 4 rings (SSSR count). The van der Waals surface area contributed by atoms with Gasteiger partial charge in [-0.25, -0.2) is 4.98 Å². The van der Waals surface area contributed by atoms with E-state index < -0.39 is 0 Å². The van der Waals surface area contributed by atoms with Crippen LogP contribution in [0.3, 0.4) is 0 Å².